The Morgan fingerprint density at radius 2 is 1.68 bits per heavy atom. The van der Waals surface area contributed by atoms with Crippen LogP contribution in [0.25, 0.3) is 11.0 Å². The lowest BCUT2D eigenvalue weighted by Gasteiger charge is -2.32. The molecule has 2 aromatic carbocycles. The zero-order valence-electron chi connectivity index (χ0n) is 23.8. The zero-order chi connectivity index (χ0) is 28.8. The van der Waals surface area contributed by atoms with Gasteiger partial charge in [-0.05, 0) is 62.7 Å². The highest BCUT2D eigenvalue weighted by molar-refractivity contribution is 6.21. The van der Waals surface area contributed by atoms with E-state index in [1.807, 2.05) is 0 Å². The molecule has 1 N–H and O–H groups in total. The van der Waals surface area contributed by atoms with Crippen molar-refractivity contribution >= 4 is 34.4 Å². The van der Waals surface area contributed by atoms with Crippen molar-refractivity contribution in [3.8, 4) is 0 Å². The minimum Gasteiger partial charge on any atom is -0.356 e. The Bertz CT molecular complexity index is 1400. The fraction of sp³-hybridized carbons (Fsp3) is 0.500. The molecule has 0 atom stereocenters. The molecule has 2 aliphatic heterocycles. The summed E-state index contributed by atoms with van der Waals surface area (Å²) in [6, 6.07) is 9.46. The number of piperidine rings is 1. The first-order chi connectivity index (χ1) is 19.9. The topological polar surface area (TPSA) is 95.8 Å². The monoisotopic (exact) mass is 562 g/mol. The average molecular weight is 563 g/mol. The smallest absolute Gasteiger partial charge is 0.261 e. The average Bonchev–Trinajstić information content (AvgIpc) is 3.49. The molecular formula is C32H39FN4O4. The number of nitrogens with one attached hydrogen (secondary N) is 1. The van der Waals surface area contributed by atoms with Crippen LogP contribution in [-0.4, -0.2) is 58.9 Å². The molecule has 1 saturated heterocycles. The number of aromatic nitrogens is 1. The lowest BCUT2D eigenvalue weighted by Crippen LogP contribution is -2.41. The molecule has 0 saturated carbocycles. The molecule has 218 valence electrons. The molecule has 0 aliphatic carbocycles. The summed E-state index contributed by atoms with van der Waals surface area (Å²) in [6.45, 7) is 4.70. The number of carbonyl (C=O) groups excluding carboxylic acids is 3. The maximum absolute atomic E-state index is 13.5. The molecule has 0 spiro atoms. The van der Waals surface area contributed by atoms with Gasteiger partial charge in [-0.3, -0.25) is 19.3 Å². The highest BCUT2D eigenvalue weighted by Crippen LogP contribution is 2.33. The second kappa shape index (κ2) is 13.4. The molecular weight excluding hydrogens is 523 g/mol. The van der Waals surface area contributed by atoms with Crippen LogP contribution in [-0.2, 0) is 4.79 Å². The SMILES string of the molecule is CCCCCCCCCC(=O)Nc1ccc2c(c1)C(=O)N(CCN1CCC(c3noc4cc(F)ccc34)CC1)C2=O. The van der Waals surface area contributed by atoms with Crippen molar-refractivity contribution in [3.05, 3.63) is 59.0 Å². The van der Waals surface area contributed by atoms with Crippen molar-refractivity contribution < 1.29 is 23.3 Å². The Labute approximate surface area is 240 Å². The summed E-state index contributed by atoms with van der Waals surface area (Å²) in [4.78, 5) is 42.1. The van der Waals surface area contributed by atoms with E-state index in [0.29, 0.717) is 41.9 Å². The number of unbranched alkanes of at least 4 members (excludes halogenated alkanes) is 6. The highest BCUT2D eigenvalue weighted by atomic mass is 19.1. The molecule has 1 fully saturated rings. The van der Waals surface area contributed by atoms with Gasteiger partial charge >= 0.3 is 0 Å². The molecule has 3 heterocycles. The highest BCUT2D eigenvalue weighted by Gasteiger charge is 2.36. The quantitative estimate of drug-likeness (QED) is 0.188. The molecule has 0 unspecified atom stereocenters. The van der Waals surface area contributed by atoms with Gasteiger partial charge in [0.1, 0.15) is 5.82 Å². The molecule has 0 bridgehead atoms. The molecule has 3 aromatic rings. The summed E-state index contributed by atoms with van der Waals surface area (Å²) in [5.41, 5.74) is 2.60. The van der Waals surface area contributed by atoms with E-state index in [0.717, 1.165) is 56.3 Å². The van der Waals surface area contributed by atoms with Crippen LogP contribution >= 0.6 is 0 Å². The summed E-state index contributed by atoms with van der Waals surface area (Å²) in [7, 11) is 0. The number of benzene rings is 2. The minimum atomic E-state index is -0.344. The van der Waals surface area contributed by atoms with Crippen molar-refractivity contribution in [2.45, 2.75) is 77.0 Å². The van der Waals surface area contributed by atoms with Gasteiger partial charge in [0.25, 0.3) is 11.8 Å². The van der Waals surface area contributed by atoms with E-state index in [1.54, 1.807) is 24.3 Å². The third-order valence-electron chi connectivity index (χ3n) is 8.34. The number of carbonyl (C=O) groups is 3. The van der Waals surface area contributed by atoms with Gasteiger partial charge in [-0.15, -0.1) is 0 Å². The Morgan fingerprint density at radius 1 is 0.951 bits per heavy atom. The normalized spacial score (nSPS) is 16.1. The number of imide groups is 1. The van der Waals surface area contributed by atoms with Crippen molar-refractivity contribution in [3.63, 3.8) is 0 Å². The molecule has 2 aliphatic rings. The van der Waals surface area contributed by atoms with Crippen LogP contribution in [0.15, 0.2) is 40.9 Å². The first-order valence-electron chi connectivity index (χ1n) is 15.0. The number of likely N-dealkylation sites (tertiary alicyclic amines) is 1. The summed E-state index contributed by atoms with van der Waals surface area (Å²) >= 11 is 0. The van der Waals surface area contributed by atoms with E-state index in [4.69, 9.17) is 4.52 Å². The van der Waals surface area contributed by atoms with E-state index in [9.17, 15) is 18.8 Å². The maximum atomic E-state index is 13.5. The van der Waals surface area contributed by atoms with Crippen LogP contribution in [0.5, 0.6) is 0 Å². The fourth-order valence-electron chi connectivity index (χ4n) is 5.93. The van der Waals surface area contributed by atoms with Gasteiger partial charge in [-0.1, -0.05) is 50.6 Å². The Kier molecular flexibility index (Phi) is 9.44. The van der Waals surface area contributed by atoms with Gasteiger partial charge in [0.05, 0.1) is 16.8 Å². The molecule has 41 heavy (non-hydrogen) atoms. The minimum absolute atomic E-state index is 0.0682. The summed E-state index contributed by atoms with van der Waals surface area (Å²) in [5.74, 6) is -0.799. The van der Waals surface area contributed by atoms with E-state index in [-0.39, 0.29) is 29.5 Å². The molecule has 9 heteroatoms. The van der Waals surface area contributed by atoms with Crippen molar-refractivity contribution in [1.29, 1.82) is 0 Å². The van der Waals surface area contributed by atoms with E-state index >= 15 is 0 Å². The molecule has 1 aromatic heterocycles. The number of nitrogens with zero attached hydrogens (tertiary/aromatic N) is 3. The Hall–Kier alpha value is -3.59. The van der Waals surface area contributed by atoms with Gasteiger partial charge in [-0.2, -0.15) is 0 Å². The number of rotatable bonds is 13. The molecule has 8 nitrogen and oxygen atoms in total. The van der Waals surface area contributed by atoms with E-state index < -0.39 is 0 Å². The predicted octanol–water partition coefficient (Wildman–Crippen LogP) is 6.52. The van der Waals surface area contributed by atoms with Gasteiger partial charge in [0.2, 0.25) is 5.91 Å². The third-order valence-corrected chi connectivity index (χ3v) is 8.34. The third kappa shape index (κ3) is 6.84. The van der Waals surface area contributed by atoms with Crippen LogP contribution in [0.2, 0.25) is 0 Å². The number of hydrogen-bond acceptors (Lipinski definition) is 6. The number of anilines is 1. The second-order valence-corrected chi connectivity index (χ2v) is 11.3. The second-order valence-electron chi connectivity index (χ2n) is 11.3. The standard InChI is InChI=1S/C32H39FN4O4/c1-2-3-4-5-6-7-8-9-29(38)34-24-11-13-25-27(21-24)32(40)37(31(25)39)19-18-36-16-14-22(15-17-36)30-26-12-10-23(33)20-28(26)41-35-30/h10-13,20-22H,2-9,14-19H2,1H3,(H,34,38). The van der Waals surface area contributed by atoms with E-state index in [1.165, 1.54) is 42.7 Å². The first-order valence-corrected chi connectivity index (χ1v) is 15.0. The number of halogens is 1. The lowest BCUT2D eigenvalue weighted by atomic mass is 9.91. The Morgan fingerprint density at radius 3 is 2.46 bits per heavy atom. The number of amides is 3. The van der Waals surface area contributed by atoms with Gasteiger partial charge in [-0.25, -0.2) is 4.39 Å². The van der Waals surface area contributed by atoms with Crippen molar-refractivity contribution in [1.82, 2.24) is 15.0 Å². The van der Waals surface area contributed by atoms with Crippen LogP contribution in [0.3, 0.4) is 0 Å². The van der Waals surface area contributed by atoms with Crippen molar-refractivity contribution in [2.24, 2.45) is 0 Å². The van der Waals surface area contributed by atoms with Crippen molar-refractivity contribution in [2.75, 3.05) is 31.5 Å². The maximum Gasteiger partial charge on any atom is 0.261 e. The lowest BCUT2D eigenvalue weighted by molar-refractivity contribution is -0.116. The largest absolute Gasteiger partial charge is 0.356 e. The molecule has 5 rings (SSSR count). The van der Waals surface area contributed by atoms with Crippen LogP contribution in [0.1, 0.15) is 103 Å². The van der Waals surface area contributed by atoms with Gasteiger partial charge < -0.3 is 14.7 Å². The number of hydrogen-bond donors (Lipinski definition) is 1. The molecule has 3 amide bonds. The van der Waals surface area contributed by atoms with E-state index in [2.05, 4.69) is 22.3 Å². The summed E-state index contributed by atoms with van der Waals surface area (Å²) < 4.78 is 18.8. The Balaban J connectivity index is 1.08. The van der Waals surface area contributed by atoms with Crippen LogP contribution in [0.4, 0.5) is 10.1 Å². The number of fused-ring (bicyclic) bond motifs is 2. The zero-order valence-corrected chi connectivity index (χ0v) is 23.8. The summed E-state index contributed by atoms with van der Waals surface area (Å²) in [6.07, 6.45) is 10.2. The predicted molar refractivity (Wildman–Crippen MR) is 155 cm³/mol. The van der Waals surface area contributed by atoms with Gasteiger partial charge in [0, 0.05) is 42.6 Å². The first kappa shape index (κ1) is 28.9. The fourth-order valence-corrected chi connectivity index (χ4v) is 5.93. The van der Waals surface area contributed by atoms with Crippen LogP contribution < -0.4 is 5.32 Å². The molecule has 0 radical (unpaired) electrons. The van der Waals surface area contributed by atoms with Gasteiger partial charge in [0.15, 0.2) is 5.58 Å². The van der Waals surface area contributed by atoms with Crippen LogP contribution in [0, 0.1) is 5.82 Å². The summed E-state index contributed by atoms with van der Waals surface area (Å²) in [5, 5.41) is 7.95.